The fourth-order valence-corrected chi connectivity index (χ4v) is 2.00. The van der Waals surface area contributed by atoms with Crippen LogP contribution in [0.3, 0.4) is 0 Å². The summed E-state index contributed by atoms with van der Waals surface area (Å²) in [5.74, 6) is 0.976. The van der Waals surface area contributed by atoms with Crippen molar-refractivity contribution in [3.63, 3.8) is 0 Å². The van der Waals surface area contributed by atoms with Crippen molar-refractivity contribution in [2.24, 2.45) is 5.41 Å². The summed E-state index contributed by atoms with van der Waals surface area (Å²) in [4.78, 5) is 0.541. The molecule has 0 bridgehead atoms. The maximum absolute atomic E-state index is 5.72. The van der Waals surface area contributed by atoms with E-state index in [4.69, 9.17) is 4.74 Å². The predicted molar refractivity (Wildman–Crippen MR) is 82.7 cm³/mol. The van der Waals surface area contributed by atoms with E-state index < -0.39 is 0 Å². The zero-order valence-electron chi connectivity index (χ0n) is 12.2. The molecular weight excluding hydrogens is 288 g/mol. The molecule has 0 saturated carbocycles. The summed E-state index contributed by atoms with van der Waals surface area (Å²) in [6.07, 6.45) is 2.47. The molecule has 0 aliphatic rings. The van der Waals surface area contributed by atoms with Crippen LogP contribution in [0.25, 0.3) is 0 Å². The second-order valence-electron chi connectivity index (χ2n) is 6.19. The Morgan fingerprint density at radius 1 is 1.22 bits per heavy atom. The Kier molecular flexibility index (Phi) is 5.71. The molecule has 0 N–H and O–H groups in total. The van der Waals surface area contributed by atoms with Gasteiger partial charge in [-0.25, -0.2) is 0 Å². The van der Waals surface area contributed by atoms with Crippen LogP contribution in [-0.2, 0) is 6.42 Å². The molecule has 0 aliphatic carbocycles. The van der Waals surface area contributed by atoms with E-state index in [2.05, 4.69) is 68.7 Å². The SMILES string of the molecule is CC(C)Oc1cccc(CCC(Br)C(C)(C)C)c1. The Morgan fingerprint density at radius 2 is 1.89 bits per heavy atom. The summed E-state index contributed by atoms with van der Waals surface area (Å²) in [7, 11) is 0. The lowest BCUT2D eigenvalue weighted by Gasteiger charge is -2.25. The molecule has 1 aromatic carbocycles. The first-order chi connectivity index (χ1) is 8.29. The van der Waals surface area contributed by atoms with E-state index in [-0.39, 0.29) is 6.10 Å². The van der Waals surface area contributed by atoms with Crippen molar-refractivity contribution in [1.29, 1.82) is 0 Å². The molecular formula is C16H25BrO. The third-order valence-corrected chi connectivity index (χ3v) is 4.73. The molecule has 0 saturated heterocycles. The van der Waals surface area contributed by atoms with Crippen LogP contribution in [0, 0.1) is 5.41 Å². The average molecular weight is 313 g/mol. The van der Waals surface area contributed by atoms with Gasteiger partial charge in [-0.05, 0) is 49.8 Å². The van der Waals surface area contributed by atoms with E-state index >= 15 is 0 Å². The maximum atomic E-state index is 5.72. The highest BCUT2D eigenvalue weighted by Gasteiger charge is 2.21. The Bertz CT molecular complexity index is 366. The molecule has 1 aromatic rings. The minimum Gasteiger partial charge on any atom is -0.491 e. The van der Waals surface area contributed by atoms with Gasteiger partial charge in [0.15, 0.2) is 0 Å². The van der Waals surface area contributed by atoms with Crippen molar-refractivity contribution in [2.45, 2.75) is 58.4 Å². The van der Waals surface area contributed by atoms with Crippen LogP contribution in [0.15, 0.2) is 24.3 Å². The number of rotatable bonds is 5. The molecule has 1 atom stereocenters. The summed E-state index contributed by atoms with van der Waals surface area (Å²) in [6, 6.07) is 8.43. The molecule has 1 nitrogen and oxygen atoms in total. The molecule has 0 aliphatic heterocycles. The first kappa shape index (κ1) is 15.6. The molecule has 0 fully saturated rings. The zero-order valence-corrected chi connectivity index (χ0v) is 13.8. The molecule has 0 heterocycles. The fourth-order valence-electron chi connectivity index (χ4n) is 1.77. The predicted octanol–water partition coefficient (Wildman–Crippen LogP) is 5.22. The van der Waals surface area contributed by atoms with Gasteiger partial charge in [-0.2, -0.15) is 0 Å². The van der Waals surface area contributed by atoms with Crippen LogP contribution in [0.5, 0.6) is 5.75 Å². The lowest BCUT2D eigenvalue weighted by Crippen LogP contribution is -2.20. The van der Waals surface area contributed by atoms with Crippen LogP contribution in [0.4, 0.5) is 0 Å². The van der Waals surface area contributed by atoms with Gasteiger partial charge < -0.3 is 4.74 Å². The van der Waals surface area contributed by atoms with E-state index in [1.54, 1.807) is 0 Å². The van der Waals surface area contributed by atoms with Gasteiger partial charge in [-0.3, -0.25) is 0 Å². The normalized spacial score (nSPS) is 13.7. The smallest absolute Gasteiger partial charge is 0.119 e. The monoisotopic (exact) mass is 312 g/mol. The second kappa shape index (κ2) is 6.60. The number of hydrogen-bond donors (Lipinski definition) is 0. The molecule has 102 valence electrons. The molecule has 18 heavy (non-hydrogen) atoms. The van der Waals surface area contributed by atoms with Crippen molar-refractivity contribution in [1.82, 2.24) is 0 Å². The van der Waals surface area contributed by atoms with Crippen LogP contribution in [0.2, 0.25) is 0 Å². The fraction of sp³-hybridized carbons (Fsp3) is 0.625. The topological polar surface area (TPSA) is 9.23 Å². The Hall–Kier alpha value is -0.500. The summed E-state index contributed by atoms with van der Waals surface area (Å²) >= 11 is 3.78. The lowest BCUT2D eigenvalue weighted by molar-refractivity contribution is 0.242. The van der Waals surface area contributed by atoms with E-state index in [1.165, 1.54) is 5.56 Å². The van der Waals surface area contributed by atoms with Crippen LogP contribution in [-0.4, -0.2) is 10.9 Å². The third kappa shape index (κ3) is 5.43. The summed E-state index contributed by atoms with van der Waals surface area (Å²) < 4.78 is 5.72. The molecule has 0 amide bonds. The average Bonchev–Trinajstić information content (AvgIpc) is 2.24. The van der Waals surface area contributed by atoms with Gasteiger partial charge in [0, 0.05) is 4.83 Å². The van der Waals surface area contributed by atoms with Crippen molar-refractivity contribution in [2.75, 3.05) is 0 Å². The van der Waals surface area contributed by atoms with Crippen molar-refractivity contribution < 1.29 is 4.74 Å². The van der Waals surface area contributed by atoms with Gasteiger partial charge in [0.05, 0.1) is 6.10 Å². The van der Waals surface area contributed by atoms with E-state index in [0.717, 1.165) is 18.6 Å². The number of ether oxygens (including phenoxy) is 1. The Labute approximate surface area is 120 Å². The first-order valence-corrected chi connectivity index (χ1v) is 7.60. The Morgan fingerprint density at radius 3 is 2.44 bits per heavy atom. The van der Waals surface area contributed by atoms with Crippen LogP contribution in [0.1, 0.15) is 46.6 Å². The third-order valence-electron chi connectivity index (χ3n) is 2.90. The minimum atomic E-state index is 0.235. The summed E-state index contributed by atoms with van der Waals surface area (Å²) in [5, 5.41) is 0. The van der Waals surface area contributed by atoms with Gasteiger partial charge >= 0.3 is 0 Å². The van der Waals surface area contributed by atoms with Crippen molar-refractivity contribution in [3.8, 4) is 5.75 Å². The van der Waals surface area contributed by atoms with Crippen molar-refractivity contribution >= 4 is 15.9 Å². The molecule has 0 radical (unpaired) electrons. The molecule has 1 rings (SSSR count). The first-order valence-electron chi connectivity index (χ1n) is 6.68. The van der Waals surface area contributed by atoms with E-state index in [9.17, 15) is 0 Å². The zero-order chi connectivity index (χ0) is 13.8. The van der Waals surface area contributed by atoms with Gasteiger partial charge in [0.25, 0.3) is 0 Å². The van der Waals surface area contributed by atoms with Gasteiger partial charge in [-0.1, -0.05) is 48.8 Å². The number of benzene rings is 1. The lowest BCUT2D eigenvalue weighted by atomic mass is 9.89. The van der Waals surface area contributed by atoms with E-state index in [0.29, 0.717) is 10.2 Å². The number of alkyl halides is 1. The van der Waals surface area contributed by atoms with Crippen molar-refractivity contribution in [3.05, 3.63) is 29.8 Å². The summed E-state index contributed by atoms with van der Waals surface area (Å²) in [5.41, 5.74) is 1.66. The quantitative estimate of drug-likeness (QED) is 0.678. The molecule has 0 aromatic heterocycles. The summed E-state index contributed by atoms with van der Waals surface area (Å²) in [6.45, 7) is 10.9. The van der Waals surface area contributed by atoms with Crippen LogP contribution >= 0.6 is 15.9 Å². The van der Waals surface area contributed by atoms with Gasteiger partial charge in [0.2, 0.25) is 0 Å². The van der Waals surface area contributed by atoms with E-state index in [1.807, 2.05) is 6.07 Å². The second-order valence-corrected chi connectivity index (χ2v) is 7.29. The highest BCUT2D eigenvalue weighted by Crippen LogP contribution is 2.30. The van der Waals surface area contributed by atoms with Gasteiger partial charge in [-0.15, -0.1) is 0 Å². The standard InChI is InChI=1S/C16H25BrO/c1-12(2)18-14-8-6-7-13(11-14)9-10-15(17)16(3,4)5/h6-8,11-12,15H,9-10H2,1-5H3. The molecule has 1 unspecified atom stereocenters. The van der Waals surface area contributed by atoms with Gasteiger partial charge in [0.1, 0.15) is 5.75 Å². The number of halogens is 1. The largest absolute Gasteiger partial charge is 0.491 e. The number of hydrogen-bond acceptors (Lipinski definition) is 1. The Balaban J connectivity index is 2.57. The maximum Gasteiger partial charge on any atom is 0.119 e. The highest BCUT2D eigenvalue weighted by atomic mass is 79.9. The molecule has 0 spiro atoms. The number of aryl methyl sites for hydroxylation is 1. The highest BCUT2D eigenvalue weighted by molar-refractivity contribution is 9.09. The minimum absolute atomic E-state index is 0.235. The molecule has 2 heteroatoms. The van der Waals surface area contributed by atoms with Crippen LogP contribution < -0.4 is 4.74 Å².